The van der Waals surface area contributed by atoms with Gasteiger partial charge in [-0.25, -0.2) is 4.79 Å². The number of benzene rings is 2. The Hall–Kier alpha value is -2.46. The highest BCUT2D eigenvalue weighted by atomic mass is 35.5. The fraction of sp³-hybridized carbons (Fsp3) is 0.452. The lowest BCUT2D eigenvalue weighted by atomic mass is 10.0. The highest BCUT2D eigenvalue weighted by Crippen LogP contribution is 2.33. The smallest absolute Gasteiger partial charge is 0.327 e. The van der Waals surface area contributed by atoms with Gasteiger partial charge in [0.25, 0.3) is 0 Å². The third-order valence-corrected chi connectivity index (χ3v) is 7.92. The van der Waals surface area contributed by atoms with Crippen LogP contribution in [0.15, 0.2) is 60.0 Å². The van der Waals surface area contributed by atoms with E-state index in [2.05, 4.69) is 21.7 Å². The molecule has 2 atom stereocenters. The van der Waals surface area contributed by atoms with Crippen LogP contribution >= 0.6 is 22.9 Å². The molecule has 0 saturated carbocycles. The summed E-state index contributed by atoms with van der Waals surface area (Å²) < 4.78 is 15.6. The summed E-state index contributed by atoms with van der Waals surface area (Å²) in [7, 11) is 3.12. The third-order valence-electron chi connectivity index (χ3n) is 6.55. The SMILES string of the molecule is COC(=O)[C@H](c1ccccc1Cl)N1CCc2sccc2C1.COCCc1ccc(OCC(O)CNC(C)C)cc1. The molecule has 3 aromatic rings. The second-order valence-electron chi connectivity index (χ2n) is 9.95. The molecule has 0 aliphatic carbocycles. The highest BCUT2D eigenvalue weighted by molar-refractivity contribution is 7.10. The van der Waals surface area contributed by atoms with Crippen molar-refractivity contribution >= 4 is 28.9 Å². The van der Waals surface area contributed by atoms with E-state index in [1.165, 1.54) is 23.1 Å². The van der Waals surface area contributed by atoms with Gasteiger partial charge in [-0.1, -0.05) is 55.8 Å². The van der Waals surface area contributed by atoms with Gasteiger partial charge in [0.15, 0.2) is 0 Å². The molecule has 218 valence electrons. The first-order valence-electron chi connectivity index (χ1n) is 13.6. The zero-order valence-corrected chi connectivity index (χ0v) is 25.3. The fourth-order valence-electron chi connectivity index (χ4n) is 4.37. The predicted octanol–water partition coefficient (Wildman–Crippen LogP) is 5.29. The molecule has 1 unspecified atom stereocenters. The molecule has 0 saturated heterocycles. The molecule has 1 aromatic heterocycles. The van der Waals surface area contributed by atoms with Gasteiger partial charge in [0, 0.05) is 42.7 Å². The quantitative estimate of drug-likeness (QED) is 0.278. The van der Waals surface area contributed by atoms with Crippen LogP contribution < -0.4 is 10.1 Å². The van der Waals surface area contributed by atoms with E-state index < -0.39 is 12.1 Å². The predicted molar refractivity (Wildman–Crippen MR) is 161 cm³/mol. The number of nitrogens with zero attached hydrogens (tertiary/aromatic N) is 1. The summed E-state index contributed by atoms with van der Waals surface area (Å²) in [5.74, 6) is 0.520. The van der Waals surface area contributed by atoms with Crippen molar-refractivity contribution in [2.24, 2.45) is 0 Å². The van der Waals surface area contributed by atoms with Crippen LogP contribution in [0.5, 0.6) is 5.75 Å². The molecule has 0 amide bonds. The number of rotatable bonds is 12. The van der Waals surface area contributed by atoms with Crippen LogP contribution in [0.2, 0.25) is 5.02 Å². The Kier molecular flexibility index (Phi) is 13.4. The number of carbonyl (C=O) groups excluding carboxylic acids is 1. The van der Waals surface area contributed by atoms with Gasteiger partial charge in [0.1, 0.15) is 24.5 Å². The van der Waals surface area contributed by atoms with Gasteiger partial charge < -0.3 is 24.6 Å². The highest BCUT2D eigenvalue weighted by Gasteiger charge is 2.32. The van der Waals surface area contributed by atoms with Gasteiger partial charge in [0.05, 0.1) is 13.7 Å². The molecule has 9 heteroatoms. The van der Waals surface area contributed by atoms with Crippen LogP contribution in [-0.2, 0) is 33.7 Å². The number of esters is 1. The van der Waals surface area contributed by atoms with Gasteiger partial charge in [0.2, 0.25) is 0 Å². The lowest BCUT2D eigenvalue weighted by molar-refractivity contribution is -0.147. The molecule has 1 aliphatic heterocycles. The lowest BCUT2D eigenvalue weighted by Gasteiger charge is -2.33. The largest absolute Gasteiger partial charge is 0.491 e. The molecular weight excluding hydrogens is 548 g/mol. The van der Waals surface area contributed by atoms with Crippen LogP contribution in [-0.4, -0.2) is 68.6 Å². The summed E-state index contributed by atoms with van der Waals surface area (Å²) >= 11 is 8.07. The fourth-order valence-corrected chi connectivity index (χ4v) is 5.50. The van der Waals surface area contributed by atoms with Gasteiger partial charge in [-0.15, -0.1) is 11.3 Å². The monoisotopic (exact) mass is 588 g/mol. The minimum Gasteiger partial charge on any atom is -0.491 e. The van der Waals surface area contributed by atoms with Crippen molar-refractivity contribution in [1.82, 2.24) is 10.2 Å². The summed E-state index contributed by atoms with van der Waals surface area (Å²) in [4.78, 5) is 15.8. The number of nitrogens with one attached hydrogen (secondary N) is 1. The Bertz CT molecular complexity index is 1170. The normalized spacial score (nSPS) is 14.6. The van der Waals surface area contributed by atoms with Gasteiger partial charge in [-0.3, -0.25) is 4.90 Å². The molecule has 1 aliphatic rings. The second-order valence-corrected chi connectivity index (χ2v) is 11.4. The summed E-state index contributed by atoms with van der Waals surface area (Å²) in [6.07, 6.45) is 1.37. The number of methoxy groups -OCH3 is 2. The van der Waals surface area contributed by atoms with Crippen LogP contribution in [0.3, 0.4) is 0 Å². The van der Waals surface area contributed by atoms with Crippen LogP contribution in [0, 0.1) is 0 Å². The lowest BCUT2D eigenvalue weighted by Crippen LogP contribution is -2.38. The summed E-state index contributed by atoms with van der Waals surface area (Å²) in [6.45, 7) is 7.25. The zero-order valence-electron chi connectivity index (χ0n) is 23.8. The van der Waals surface area contributed by atoms with E-state index in [0.717, 1.165) is 43.9 Å². The van der Waals surface area contributed by atoms with Gasteiger partial charge in [-0.05, 0) is 59.2 Å². The topological polar surface area (TPSA) is 80.3 Å². The maximum absolute atomic E-state index is 12.3. The molecule has 0 spiro atoms. The maximum atomic E-state index is 12.3. The van der Waals surface area contributed by atoms with Crippen molar-refractivity contribution in [3.63, 3.8) is 0 Å². The van der Waals surface area contributed by atoms with E-state index in [0.29, 0.717) is 24.2 Å². The number of carbonyl (C=O) groups is 1. The van der Waals surface area contributed by atoms with Crippen molar-refractivity contribution in [2.45, 2.75) is 51.4 Å². The van der Waals surface area contributed by atoms with E-state index in [1.54, 1.807) is 18.4 Å². The van der Waals surface area contributed by atoms with Crippen molar-refractivity contribution in [1.29, 1.82) is 0 Å². The molecule has 2 N–H and O–H groups in total. The minimum absolute atomic E-state index is 0.262. The van der Waals surface area contributed by atoms with Crippen molar-refractivity contribution in [3.8, 4) is 5.75 Å². The van der Waals surface area contributed by atoms with E-state index in [-0.39, 0.29) is 5.97 Å². The molecule has 0 radical (unpaired) electrons. The Labute approximate surface area is 247 Å². The number of hydrogen-bond acceptors (Lipinski definition) is 8. The average Bonchev–Trinajstić information content (AvgIpc) is 3.44. The Morgan fingerprint density at radius 3 is 2.55 bits per heavy atom. The first-order chi connectivity index (χ1) is 19.3. The van der Waals surface area contributed by atoms with Gasteiger partial charge >= 0.3 is 5.97 Å². The van der Waals surface area contributed by atoms with Crippen LogP contribution in [0.25, 0.3) is 0 Å². The molecule has 0 bridgehead atoms. The number of aliphatic hydroxyl groups excluding tert-OH is 1. The standard InChI is InChI=1S/C16H16ClNO2S.C15H25NO3/c1-20-16(19)15(12-4-2-3-5-13(12)17)18-8-6-14-11(10-18)7-9-21-14;1-12(2)16-10-14(17)11-19-15-6-4-13(5-7-15)8-9-18-3/h2-5,7,9,15H,6,8,10H2,1H3;4-7,12,14,16-17H,8-11H2,1-3H3/t15-;/m0./s1. The number of aliphatic hydroxyl groups is 1. The Morgan fingerprint density at radius 1 is 1.12 bits per heavy atom. The summed E-state index contributed by atoms with van der Waals surface area (Å²) in [5, 5.41) is 15.6. The first-order valence-corrected chi connectivity index (χ1v) is 14.8. The molecule has 0 fully saturated rings. The number of ether oxygens (including phenoxy) is 3. The van der Waals surface area contributed by atoms with Crippen LogP contribution in [0.1, 0.15) is 41.5 Å². The molecule has 7 nitrogen and oxygen atoms in total. The molecular formula is C31H41ClN2O5S. The summed E-state index contributed by atoms with van der Waals surface area (Å²) in [6, 6.07) is 17.4. The number of hydrogen-bond donors (Lipinski definition) is 2. The molecule has 2 aromatic carbocycles. The van der Waals surface area contributed by atoms with E-state index in [1.807, 2.05) is 62.4 Å². The van der Waals surface area contributed by atoms with Crippen LogP contribution in [0.4, 0.5) is 0 Å². The van der Waals surface area contributed by atoms with Crippen molar-refractivity contribution in [3.05, 3.63) is 86.6 Å². The second kappa shape index (κ2) is 16.7. The Morgan fingerprint density at radius 2 is 1.88 bits per heavy atom. The molecule has 2 heterocycles. The van der Waals surface area contributed by atoms with Gasteiger partial charge in [-0.2, -0.15) is 0 Å². The first kappa shape index (κ1) is 32.1. The van der Waals surface area contributed by atoms with Crippen molar-refractivity contribution < 1.29 is 24.1 Å². The minimum atomic E-state index is -0.490. The number of halogens is 1. The average molecular weight is 589 g/mol. The molecule has 4 rings (SSSR count). The Balaban J connectivity index is 0.000000222. The van der Waals surface area contributed by atoms with E-state index in [4.69, 9.17) is 25.8 Å². The van der Waals surface area contributed by atoms with E-state index in [9.17, 15) is 9.90 Å². The number of fused-ring (bicyclic) bond motifs is 1. The van der Waals surface area contributed by atoms with Crippen molar-refractivity contribution in [2.75, 3.05) is 40.5 Å². The summed E-state index contributed by atoms with van der Waals surface area (Å²) in [5.41, 5.74) is 3.33. The molecule has 40 heavy (non-hydrogen) atoms. The maximum Gasteiger partial charge on any atom is 0.327 e. The number of thiophene rings is 1. The third kappa shape index (κ3) is 9.87. The zero-order chi connectivity index (χ0) is 28.9. The van der Waals surface area contributed by atoms with E-state index >= 15 is 0 Å².